The lowest BCUT2D eigenvalue weighted by molar-refractivity contribution is 0.0751. The monoisotopic (exact) mass is 284 g/mol. The summed E-state index contributed by atoms with van der Waals surface area (Å²) in [6.07, 6.45) is 2.40. The standard InChI is InChI=1S/C13H14ClFN2O2/c14-12-9(3-8(15)4-16-12)13(19)17-5-7-1-2-11(18)10(7)6-17/h3-4,7,10-11,18H,1-2,5-6H2. The molecule has 2 aliphatic rings. The third-order valence-electron chi connectivity index (χ3n) is 4.14. The van der Waals surface area contributed by atoms with Gasteiger partial charge >= 0.3 is 0 Å². The van der Waals surface area contributed by atoms with E-state index in [1.54, 1.807) is 4.90 Å². The highest BCUT2D eigenvalue weighted by atomic mass is 35.5. The fourth-order valence-corrected chi connectivity index (χ4v) is 3.33. The van der Waals surface area contributed by atoms with Crippen molar-refractivity contribution in [3.8, 4) is 0 Å². The van der Waals surface area contributed by atoms with E-state index in [4.69, 9.17) is 11.6 Å². The quantitative estimate of drug-likeness (QED) is 0.799. The molecule has 2 fully saturated rings. The molecule has 0 radical (unpaired) electrons. The Morgan fingerprint density at radius 2 is 2.26 bits per heavy atom. The van der Waals surface area contributed by atoms with Crippen LogP contribution in [0.2, 0.25) is 5.15 Å². The first kappa shape index (κ1) is 12.8. The fraction of sp³-hybridized carbons (Fsp3) is 0.538. The van der Waals surface area contributed by atoms with Crippen LogP contribution in [-0.2, 0) is 0 Å². The number of hydrogen-bond acceptors (Lipinski definition) is 3. The average molecular weight is 285 g/mol. The zero-order chi connectivity index (χ0) is 13.6. The number of rotatable bonds is 1. The number of hydrogen-bond donors (Lipinski definition) is 1. The van der Waals surface area contributed by atoms with Gasteiger partial charge in [0, 0.05) is 19.0 Å². The van der Waals surface area contributed by atoms with E-state index in [1.807, 2.05) is 0 Å². The number of aliphatic hydroxyl groups is 1. The van der Waals surface area contributed by atoms with Crippen molar-refractivity contribution in [3.05, 3.63) is 28.8 Å². The van der Waals surface area contributed by atoms with Crippen molar-refractivity contribution in [3.63, 3.8) is 0 Å². The summed E-state index contributed by atoms with van der Waals surface area (Å²) in [6, 6.07) is 1.11. The number of aromatic nitrogens is 1. The molecule has 0 bridgehead atoms. The Kier molecular flexibility index (Phi) is 3.19. The largest absolute Gasteiger partial charge is 0.393 e. The minimum absolute atomic E-state index is 0.0176. The molecule has 1 aliphatic heterocycles. The molecule has 19 heavy (non-hydrogen) atoms. The maximum Gasteiger partial charge on any atom is 0.257 e. The van der Waals surface area contributed by atoms with Gasteiger partial charge in [0.2, 0.25) is 0 Å². The van der Waals surface area contributed by atoms with Gasteiger partial charge in [-0.2, -0.15) is 0 Å². The highest BCUT2D eigenvalue weighted by molar-refractivity contribution is 6.32. The van der Waals surface area contributed by atoms with Gasteiger partial charge in [-0.15, -0.1) is 0 Å². The van der Waals surface area contributed by atoms with Gasteiger partial charge in [-0.25, -0.2) is 9.37 Å². The van der Waals surface area contributed by atoms with Crippen molar-refractivity contribution < 1.29 is 14.3 Å². The summed E-state index contributed by atoms with van der Waals surface area (Å²) in [4.78, 5) is 17.6. The molecular formula is C13H14ClFN2O2. The van der Waals surface area contributed by atoms with Crippen LogP contribution in [0, 0.1) is 17.7 Å². The van der Waals surface area contributed by atoms with E-state index in [2.05, 4.69) is 4.98 Å². The molecule has 0 spiro atoms. The first-order chi connectivity index (χ1) is 9.06. The summed E-state index contributed by atoms with van der Waals surface area (Å²) in [5.74, 6) is -0.394. The molecule has 1 amide bonds. The lowest BCUT2D eigenvalue weighted by Crippen LogP contribution is -2.31. The van der Waals surface area contributed by atoms with Crippen molar-refractivity contribution in [1.29, 1.82) is 0 Å². The number of carbonyl (C=O) groups is 1. The number of aliphatic hydroxyl groups excluding tert-OH is 1. The predicted molar refractivity (Wildman–Crippen MR) is 67.3 cm³/mol. The molecule has 0 aromatic carbocycles. The summed E-state index contributed by atoms with van der Waals surface area (Å²) in [7, 11) is 0. The van der Waals surface area contributed by atoms with Gasteiger partial charge in [-0.1, -0.05) is 11.6 Å². The van der Waals surface area contributed by atoms with Crippen molar-refractivity contribution in [2.45, 2.75) is 18.9 Å². The van der Waals surface area contributed by atoms with Crippen molar-refractivity contribution in [2.75, 3.05) is 13.1 Å². The molecule has 1 N–H and O–H groups in total. The number of carbonyl (C=O) groups excluding carboxylic acids is 1. The SMILES string of the molecule is O=C(c1cc(F)cnc1Cl)N1CC2CCC(O)C2C1. The highest BCUT2D eigenvalue weighted by Gasteiger charge is 2.43. The average Bonchev–Trinajstić information content (AvgIpc) is 2.94. The Balaban J connectivity index is 1.80. The van der Waals surface area contributed by atoms with Gasteiger partial charge < -0.3 is 10.0 Å². The molecule has 102 valence electrons. The van der Waals surface area contributed by atoms with Crippen LogP contribution in [0.3, 0.4) is 0 Å². The van der Waals surface area contributed by atoms with Crippen LogP contribution >= 0.6 is 11.6 Å². The van der Waals surface area contributed by atoms with Crippen LogP contribution in [0.1, 0.15) is 23.2 Å². The fourth-order valence-electron chi connectivity index (χ4n) is 3.15. The Labute approximate surface area is 115 Å². The number of halogens is 2. The molecule has 1 aromatic heterocycles. The molecule has 1 aromatic rings. The van der Waals surface area contributed by atoms with E-state index < -0.39 is 5.82 Å². The topological polar surface area (TPSA) is 53.4 Å². The second-order valence-corrected chi connectivity index (χ2v) is 5.63. The van der Waals surface area contributed by atoms with Crippen LogP contribution in [0.15, 0.2) is 12.3 Å². The van der Waals surface area contributed by atoms with Crippen LogP contribution in [-0.4, -0.2) is 40.1 Å². The van der Waals surface area contributed by atoms with Gasteiger partial charge in [-0.3, -0.25) is 4.79 Å². The molecular weight excluding hydrogens is 271 g/mol. The van der Waals surface area contributed by atoms with Gasteiger partial charge in [0.05, 0.1) is 17.9 Å². The van der Waals surface area contributed by atoms with Gasteiger partial charge in [0.1, 0.15) is 11.0 Å². The normalized spacial score (nSPS) is 29.6. The maximum atomic E-state index is 13.2. The minimum Gasteiger partial charge on any atom is -0.393 e. The van der Waals surface area contributed by atoms with E-state index in [0.29, 0.717) is 19.0 Å². The number of fused-ring (bicyclic) bond motifs is 1. The molecule has 4 nitrogen and oxygen atoms in total. The summed E-state index contributed by atoms with van der Waals surface area (Å²) < 4.78 is 13.2. The first-order valence-electron chi connectivity index (χ1n) is 6.34. The van der Waals surface area contributed by atoms with Crippen LogP contribution < -0.4 is 0 Å². The van der Waals surface area contributed by atoms with E-state index in [0.717, 1.165) is 25.1 Å². The predicted octanol–water partition coefficient (Wildman–Crippen LogP) is 1.72. The zero-order valence-electron chi connectivity index (χ0n) is 10.2. The molecule has 1 saturated carbocycles. The van der Waals surface area contributed by atoms with E-state index in [9.17, 15) is 14.3 Å². The number of amides is 1. The zero-order valence-corrected chi connectivity index (χ0v) is 11.0. The Morgan fingerprint density at radius 1 is 1.47 bits per heavy atom. The lowest BCUT2D eigenvalue weighted by atomic mass is 10.00. The maximum absolute atomic E-state index is 13.2. The second kappa shape index (κ2) is 4.72. The van der Waals surface area contributed by atoms with Crippen LogP contribution in [0.25, 0.3) is 0 Å². The minimum atomic E-state index is -0.577. The Hall–Kier alpha value is -1.20. The van der Waals surface area contributed by atoms with Crippen molar-refractivity contribution >= 4 is 17.5 Å². The lowest BCUT2D eigenvalue weighted by Gasteiger charge is -2.18. The van der Waals surface area contributed by atoms with E-state index in [1.165, 1.54) is 0 Å². The number of pyridine rings is 1. The molecule has 1 aliphatic carbocycles. The van der Waals surface area contributed by atoms with Crippen LogP contribution in [0.4, 0.5) is 4.39 Å². The molecule has 2 heterocycles. The number of nitrogens with zero attached hydrogens (tertiary/aromatic N) is 2. The molecule has 3 rings (SSSR count). The summed E-state index contributed by atoms with van der Waals surface area (Å²) >= 11 is 5.84. The third-order valence-corrected chi connectivity index (χ3v) is 4.44. The van der Waals surface area contributed by atoms with E-state index in [-0.39, 0.29) is 28.6 Å². The van der Waals surface area contributed by atoms with E-state index >= 15 is 0 Å². The summed E-state index contributed by atoms with van der Waals surface area (Å²) in [5, 5.41) is 9.85. The van der Waals surface area contributed by atoms with Gasteiger partial charge in [-0.05, 0) is 24.8 Å². The summed E-state index contributed by atoms with van der Waals surface area (Å²) in [5.41, 5.74) is 0.0936. The Bertz CT molecular complexity index is 525. The number of likely N-dealkylation sites (tertiary alicyclic amines) is 1. The highest BCUT2D eigenvalue weighted by Crippen LogP contribution is 2.38. The van der Waals surface area contributed by atoms with Gasteiger partial charge in [0.15, 0.2) is 0 Å². The van der Waals surface area contributed by atoms with Gasteiger partial charge in [0.25, 0.3) is 5.91 Å². The smallest absolute Gasteiger partial charge is 0.257 e. The summed E-state index contributed by atoms with van der Waals surface area (Å²) in [6.45, 7) is 1.12. The molecule has 6 heteroatoms. The third kappa shape index (κ3) is 2.21. The van der Waals surface area contributed by atoms with Crippen molar-refractivity contribution in [2.24, 2.45) is 11.8 Å². The molecule has 1 saturated heterocycles. The van der Waals surface area contributed by atoms with Crippen LogP contribution in [0.5, 0.6) is 0 Å². The Morgan fingerprint density at radius 3 is 3.00 bits per heavy atom. The second-order valence-electron chi connectivity index (χ2n) is 5.27. The molecule has 3 unspecified atom stereocenters. The van der Waals surface area contributed by atoms with Crippen molar-refractivity contribution in [1.82, 2.24) is 9.88 Å². The molecule has 3 atom stereocenters. The first-order valence-corrected chi connectivity index (χ1v) is 6.72.